The zero-order valence-electron chi connectivity index (χ0n) is 18.1. The molecule has 0 saturated carbocycles. The van der Waals surface area contributed by atoms with Gasteiger partial charge in [0.05, 0.1) is 25.2 Å². The summed E-state index contributed by atoms with van der Waals surface area (Å²) in [5, 5.41) is 0.537. The molecule has 170 valence electrons. The number of halogens is 1. The average Bonchev–Trinajstić information content (AvgIpc) is 3.32. The molecule has 0 radical (unpaired) electrons. The monoisotopic (exact) mass is 456 g/mol. The van der Waals surface area contributed by atoms with E-state index in [4.69, 9.17) is 21.1 Å². The third-order valence-corrected chi connectivity index (χ3v) is 6.16. The number of carbonyl (C=O) groups is 2. The Hall–Kier alpha value is -2.41. The molecule has 0 bridgehead atoms. The van der Waals surface area contributed by atoms with Crippen LogP contribution in [0.3, 0.4) is 0 Å². The van der Waals surface area contributed by atoms with E-state index in [1.807, 2.05) is 35.2 Å². The van der Waals surface area contributed by atoms with Crippen LogP contribution in [0.5, 0.6) is 0 Å². The minimum absolute atomic E-state index is 0.0496. The van der Waals surface area contributed by atoms with Crippen molar-refractivity contribution in [3.63, 3.8) is 0 Å². The lowest BCUT2D eigenvalue weighted by Gasteiger charge is -2.36. The quantitative estimate of drug-likeness (QED) is 0.640. The number of amides is 2. The molecule has 2 atom stereocenters. The van der Waals surface area contributed by atoms with Crippen molar-refractivity contribution in [1.82, 2.24) is 9.80 Å². The molecule has 2 unspecified atom stereocenters. The van der Waals surface area contributed by atoms with Gasteiger partial charge in [-0.2, -0.15) is 0 Å². The number of ether oxygens (including phenoxy) is 2. The van der Waals surface area contributed by atoms with Gasteiger partial charge in [0.15, 0.2) is 0 Å². The Labute approximate surface area is 194 Å². The molecule has 0 aliphatic carbocycles. The molecule has 2 aromatic carbocycles. The molecule has 2 fully saturated rings. The summed E-state index contributed by atoms with van der Waals surface area (Å²) < 4.78 is 11.7. The van der Waals surface area contributed by atoms with Crippen LogP contribution in [0.25, 0.3) is 0 Å². The molecule has 2 aliphatic heterocycles. The highest BCUT2D eigenvalue weighted by Gasteiger charge is 2.30. The second-order valence-electron chi connectivity index (χ2n) is 8.35. The van der Waals surface area contributed by atoms with Crippen molar-refractivity contribution in [3.8, 4) is 0 Å². The predicted molar refractivity (Wildman–Crippen MR) is 123 cm³/mol. The van der Waals surface area contributed by atoms with Gasteiger partial charge in [-0.3, -0.25) is 9.59 Å². The molecule has 0 aromatic heterocycles. The molecule has 2 amide bonds. The Kier molecular flexibility index (Phi) is 7.79. The van der Waals surface area contributed by atoms with Crippen LogP contribution < -0.4 is 0 Å². The lowest BCUT2D eigenvalue weighted by molar-refractivity contribution is -0.135. The molecule has 0 N–H and O–H groups in total. The minimum Gasteiger partial charge on any atom is -0.376 e. The summed E-state index contributed by atoms with van der Waals surface area (Å²) >= 11 is 6.06. The Balaban J connectivity index is 1.42. The number of hydrogen-bond donors (Lipinski definition) is 0. The van der Waals surface area contributed by atoms with Gasteiger partial charge in [-0.05, 0) is 36.6 Å². The fourth-order valence-corrected chi connectivity index (χ4v) is 4.45. The van der Waals surface area contributed by atoms with E-state index in [2.05, 4.69) is 0 Å². The molecule has 32 heavy (non-hydrogen) atoms. The topological polar surface area (TPSA) is 59.1 Å². The Bertz CT molecular complexity index is 917. The highest BCUT2D eigenvalue weighted by Crippen LogP contribution is 2.18. The molecule has 2 saturated heterocycles. The molecule has 4 rings (SSSR count). The number of carbonyl (C=O) groups excluding carboxylic acids is 2. The molecule has 2 heterocycles. The number of benzene rings is 2. The summed E-state index contributed by atoms with van der Waals surface area (Å²) in [4.78, 5) is 29.7. The van der Waals surface area contributed by atoms with Crippen LogP contribution in [0.1, 0.15) is 28.8 Å². The van der Waals surface area contributed by atoms with Crippen molar-refractivity contribution in [2.75, 3.05) is 39.4 Å². The van der Waals surface area contributed by atoms with Crippen molar-refractivity contribution >= 4 is 23.4 Å². The fraction of sp³-hybridized carbons (Fsp3) is 0.440. The summed E-state index contributed by atoms with van der Waals surface area (Å²) in [6.45, 7) is 3.13. The number of morpholine rings is 1. The van der Waals surface area contributed by atoms with Gasteiger partial charge in [-0.25, -0.2) is 0 Å². The van der Waals surface area contributed by atoms with Crippen LogP contribution in [0, 0.1) is 0 Å². The van der Waals surface area contributed by atoms with E-state index >= 15 is 0 Å². The van der Waals surface area contributed by atoms with E-state index in [9.17, 15) is 9.59 Å². The van der Waals surface area contributed by atoms with E-state index < -0.39 is 0 Å². The molecule has 0 spiro atoms. The summed E-state index contributed by atoms with van der Waals surface area (Å²) in [5.74, 6) is -0.0179. The SMILES string of the molecule is O=C(Cc1ccccc1)N(CC1CCCO1)CC1CN(C(=O)c2cccc(Cl)c2)CCO1. The van der Waals surface area contributed by atoms with E-state index in [-0.39, 0.29) is 24.0 Å². The van der Waals surface area contributed by atoms with E-state index in [1.54, 1.807) is 29.2 Å². The lowest BCUT2D eigenvalue weighted by atomic mass is 10.1. The van der Waals surface area contributed by atoms with Crippen molar-refractivity contribution in [2.24, 2.45) is 0 Å². The van der Waals surface area contributed by atoms with E-state index in [1.165, 1.54) is 0 Å². The highest BCUT2D eigenvalue weighted by atomic mass is 35.5. The van der Waals surface area contributed by atoms with Gasteiger partial charge in [-0.15, -0.1) is 0 Å². The number of rotatable bonds is 7. The average molecular weight is 457 g/mol. The van der Waals surface area contributed by atoms with E-state index in [0.29, 0.717) is 49.8 Å². The summed E-state index contributed by atoms with van der Waals surface area (Å²) in [6.07, 6.45) is 2.13. The Morgan fingerprint density at radius 2 is 1.78 bits per heavy atom. The molecule has 6 nitrogen and oxygen atoms in total. The highest BCUT2D eigenvalue weighted by molar-refractivity contribution is 6.30. The molecular weight excluding hydrogens is 428 g/mol. The van der Waals surface area contributed by atoms with Crippen molar-refractivity contribution in [3.05, 3.63) is 70.7 Å². The summed E-state index contributed by atoms with van der Waals surface area (Å²) in [5.41, 5.74) is 1.55. The third-order valence-electron chi connectivity index (χ3n) is 5.92. The van der Waals surface area contributed by atoms with Crippen LogP contribution in [-0.2, 0) is 20.7 Å². The van der Waals surface area contributed by atoms with Gasteiger partial charge >= 0.3 is 0 Å². The first-order chi connectivity index (χ1) is 15.6. The normalized spacial score (nSPS) is 20.8. The molecule has 2 aromatic rings. The standard InChI is InChI=1S/C25H29ClN2O4/c26-21-9-4-8-20(15-21)25(30)27-11-13-32-23(17-27)18-28(16-22-10-5-12-31-22)24(29)14-19-6-2-1-3-7-19/h1-4,6-9,15,22-23H,5,10-14,16-18H2. The largest absolute Gasteiger partial charge is 0.376 e. The second kappa shape index (κ2) is 10.9. The van der Waals surface area contributed by atoms with Gasteiger partial charge in [0, 0.05) is 43.4 Å². The molecular formula is C25H29ClN2O4. The minimum atomic E-state index is -0.243. The lowest BCUT2D eigenvalue weighted by Crippen LogP contribution is -2.51. The van der Waals surface area contributed by atoms with Crippen LogP contribution >= 0.6 is 11.6 Å². The van der Waals surface area contributed by atoms with Crippen LogP contribution in [-0.4, -0.2) is 73.2 Å². The maximum absolute atomic E-state index is 13.2. The summed E-state index contributed by atoms with van der Waals surface area (Å²) in [6, 6.07) is 16.7. The van der Waals surface area contributed by atoms with E-state index in [0.717, 1.165) is 25.0 Å². The molecule has 7 heteroatoms. The van der Waals surface area contributed by atoms with Gasteiger partial charge in [0.2, 0.25) is 5.91 Å². The van der Waals surface area contributed by atoms with Gasteiger partial charge < -0.3 is 19.3 Å². The van der Waals surface area contributed by atoms with Crippen molar-refractivity contribution < 1.29 is 19.1 Å². The molecule has 2 aliphatic rings. The van der Waals surface area contributed by atoms with Gasteiger partial charge in [0.25, 0.3) is 5.91 Å². The fourth-order valence-electron chi connectivity index (χ4n) is 4.26. The maximum atomic E-state index is 13.2. The maximum Gasteiger partial charge on any atom is 0.254 e. The van der Waals surface area contributed by atoms with Crippen LogP contribution in [0.4, 0.5) is 0 Å². The first kappa shape index (κ1) is 22.8. The smallest absolute Gasteiger partial charge is 0.254 e. The van der Waals surface area contributed by atoms with Crippen LogP contribution in [0.15, 0.2) is 54.6 Å². The number of nitrogens with zero attached hydrogens (tertiary/aromatic N) is 2. The van der Waals surface area contributed by atoms with Gasteiger partial charge in [0.1, 0.15) is 0 Å². The third kappa shape index (κ3) is 6.09. The number of hydrogen-bond acceptors (Lipinski definition) is 4. The Morgan fingerprint density at radius 1 is 1.00 bits per heavy atom. The zero-order chi connectivity index (χ0) is 22.3. The first-order valence-corrected chi connectivity index (χ1v) is 11.6. The first-order valence-electron chi connectivity index (χ1n) is 11.2. The van der Waals surface area contributed by atoms with Crippen LogP contribution in [0.2, 0.25) is 5.02 Å². The zero-order valence-corrected chi connectivity index (χ0v) is 18.9. The van der Waals surface area contributed by atoms with Crippen molar-refractivity contribution in [2.45, 2.75) is 31.5 Å². The van der Waals surface area contributed by atoms with Crippen molar-refractivity contribution in [1.29, 1.82) is 0 Å². The predicted octanol–water partition coefficient (Wildman–Crippen LogP) is 3.43. The summed E-state index contributed by atoms with van der Waals surface area (Å²) in [7, 11) is 0. The second-order valence-corrected chi connectivity index (χ2v) is 8.79. The Morgan fingerprint density at radius 3 is 2.53 bits per heavy atom. The van der Waals surface area contributed by atoms with Gasteiger partial charge in [-0.1, -0.05) is 48.0 Å².